The summed E-state index contributed by atoms with van der Waals surface area (Å²) in [5.74, 6) is 0. The van der Waals surface area contributed by atoms with Crippen LogP contribution in [0.4, 0.5) is 0 Å². The van der Waals surface area contributed by atoms with E-state index in [0.29, 0.717) is 0 Å². The number of hydrogen-bond acceptors (Lipinski definition) is 2. The van der Waals surface area contributed by atoms with Crippen molar-refractivity contribution in [2.45, 2.75) is 11.5 Å². The van der Waals surface area contributed by atoms with Crippen LogP contribution in [-0.4, -0.2) is 5.11 Å². The number of rotatable bonds is 1. The van der Waals surface area contributed by atoms with Crippen LogP contribution in [0.2, 0.25) is 0 Å². The van der Waals surface area contributed by atoms with Crippen molar-refractivity contribution in [2.75, 3.05) is 0 Å². The summed E-state index contributed by atoms with van der Waals surface area (Å²) in [6.45, 7) is 0.0691. The molecule has 1 N–H and O–H groups in total. The Morgan fingerprint density at radius 1 is 1.40 bits per heavy atom. The summed E-state index contributed by atoms with van der Waals surface area (Å²) in [7, 11) is 0. The number of aliphatic hydroxyl groups excluding tert-OH is 1. The molecule has 0 aromatic heterocycles. The van der Waals surface area contributed by atoms with E-state index < -0.39 is 0 Å². The van der Waals surface area contributed by atoms with Crippen molar-refractivity contribution in [2.24, 2.45) is 0 Å². The topological polar surface area (TPSA) is 20.2 Å². The van der Waals surface area contributed by atoms with E-state index in [1.54, 1.807) is 0 Å². The third-order valence-electron chi connectivity index (χ3n) is 1.16. The van der Waals surface area contributed by atoms with Gasteiger partial charge >= 0.3 is 29.6 Å². The minimum atomic E-state index is 0. The summed E-state index contributed by atoms with van der Waals surface area (Å²) in [4.78, 5) is 0.847. The van der Waals surface area contributed by atoms with Crippen LogP contribution in [0.5, 0.6) is 0 Å². The Bertz CT molecular complexity index is 207. The minimum Gasteiger partial charge on any atom is -1.00 e. The maximum atomic E-state index is 8.67. The molecule has 0 radical (unpaired) electrons. The number of thiol groups is 1. The third-order valence-corrected chi connectivity index (χ3v) is 1.60. The average Bonchev–Trinajstić information content (AvgIpc) is 1.89. The van der Waals surface area contributed by atoms with Gasteiger partial charge < -0.3 is 6.53 Å². The second kappa shape index (κ2) is 5.22. The fraction of sp³-hybridized carbons (Fsp3) is 0.143. The molecule has 50 valence electrons. The summed E-state index contributed by atoms with van der Waals surface area (Å²) < 4.78 is 0. The monoisotopic (exact) mass is 164 g/mol. The Labute approximate surface area is 89.6 Å². The van der Waals surface area contributed by atoms with Crippen molar-refractivity contribution in [3.8, 4) is 0 Å². The van der Waals surface area contributed by atoms with Gasteiger partial charge in [-0.1, -0.05) is 18.2 Å². The quantitative estimate of drug-likeness (QED) is 0.386. The number of aliphatic hydroxyl groups is 1. The largest absolute Gasteiger partial charge is 1.00 e. The molecule has 1 aromatic carbocycles. The summed E-state index contributed by atoms with van der Waals surface area (Å²) in [5.41, 5.74) is 0.876. The van der Waals surface area contributed by atoms with Gasteiger partial charge in [0.05, 0.1) is 6.61 Å². The van der Waals surface area contributed by atoms with E-state index in [0.717, 1.165) is 10.5 Å². The van der Waals surface area contributed by atoms with Crippen molar-refractivity contribution < 1.29 is 36.1 Å². The van der Waals surface area contributed by atoms with Crippen LogP contribution < -0.4 is 29.6 Å². The van der Waals surface area contributed by atoms with Crippen molar-refractivity contribution in [1.82, 2.24) is 0 Å². The zero-order chi connectivity index (χ0) is 6.69. The fourth-order valence-corrected chi connectivity index (χ4v) is 0.876. The Morgan fingerprint density at radius 2 is 2.00 bits per heavy atom. The Balaban J connectivity index is 0. The van der Waals surface area contributed by atoms with Gasteiger partial charge in [0.1, 0.15) is 0 Å². The summed E-state index contributed by atoms with van der Waals surface area (Å²) >= 11 is 4.12. The molecule has 10 heavy (non-hydrogen) atoms. The molecule has 0 unspecified atom stereocenters. The molecular weight excluding hydrogens is 155 g/mol. The van der Waals surface area contributed by atoms with Gasteiger partial charge in [0, 0.05) is 4.90 Å². The van der Waals surface area contributed by atoms with E-state index in [2.05, 4.69) is 12.6 Å². The predicted molar refractivity (Wildman–Crippen MR) is 40.7 cm³/mol. The minimum absolute atomic E-state index is 0. The van der Waals surface area contributed by atoms with Crippen LogP contribution in [0.1, 0.15) is 6.99 Å². The van der Waals surface area contributed by atoms with Gasteiger partial charge in [-0.05, 0) is 11.6 Å². The van der Waals surface area contributed by atoms with Crippen LogP contribution in [0.15, 0.2) is 29.2 Å². The molecule has 0 aliphatic carbocycles. The molecule has 0 aliphatic heterocycles. The average molecular weight is 164 g/mol. The van der Waals surface area contributed by atoms with E-state index in [1.165, 1.54) is 0 Å². The van der Waals surface area contributed by atoms with E-state index in [9.17, 15) is 0 Å². The Morgan fingerprint density at radius 3 is 2.40 bits per heavy atom. The van der Waals surface area contributed by atoms with Crippen LogP contribution in [-0.2, 0) is 6.61 Å². The summed E-state index contributed by atoms with van der Waals surface area (Å²) in [6, 6.07) is 7.48. The molecule has 1 nitrogen and oxygen atoms in total. The SMILES string of the molecule is OCc1ccccc1S.[H-].[Na+]. The smallest absolute Gasteiger partial charge is 1.00 e. The molecule has 0 spiro atoms. The first kappa shape index (κ1) is 10.5. The van der Waals surface area contributed by atoms with Crippen LogP contribution in [0.25, 0.3) is 0 Å². The maximum absolute atomic E-state index is 8.67. The van der Waals surface area contributed by atoms with Crippen molar-refractivity contribution in [3.63, 3.8) is 0 Å². The van der Waals surface area contributed by atoms with Gasteiger partial charge in [-0.2, -0.15) is 0 Å². The Hall–Kier alpha value is 0.530. The van der Waals surface area contributed by atoms with Crippen molar-refractivity contribution in [1.29, 1.82) is 0 Å². The van der Waals surface area contributed by atoms with Gasteiger partial charge in [0.25, 0.3) is 0 Å². The van der Waals surface area contributed by atoms with E-state index in [-0.39, 0.29) is 37.6 Å². The van der Waals surface area contributed by atoms with Gasteiger partial charge in [0.15, 0.2) is 0 Å². The molecule has 0 saturated heterocycles. The molecule has 1 rings (SSSR count). The van der Waals surface area contributed by atoms with E-state index >= 15 is 0 Å². The molecule has 0 fully saturated rings. The first-order chi connectivity index (χ1) is 4.34. The summed E-state index contributed by atoms with van der Waals surface area (Å²) in [6.07, 6.45) is 0. The molecule has 0 atom stereocenters. The zero-order valence-electron chi connectivity index (χ0n) is 6.91. The van der Waals surface area contributed by atoms with Crippen molar-refractivity contribution >= 4 is 12.6 Å². The standard InChI is InChI=1S/C7H8OS.Na.H/c8-5-6-3-1-2-4-7(6)9;;/h1-4,8-9H,5H2;;/q;+1;-1. The van der Waals surface area contributed by atoms with Crippen molar-refractivity contribution in [3.05, 3.63) is 29.8 Å². The van der Waals surface area contributed by atoms with Gasteiger partial charge in [-0.3, -0.25) is 0 Å². The third kappa shape index (κ3) is 2.64. The molecule has 0 heterocycles. The Kier molecular flexibility index (Phi) is 5.49. The number of benzene rings is 1. The molecule has 0 bridgehead atoms. The second-order valence-electron chi connectivity index (χ2n) is 1.79. The molecule has 0 saturated carbocycles. The van der Waals surface area contributed by atoms with Crippen LogP contribution in [0, 0.1) is 0 Å². The molecule has 0 amide bonds. The maximum Gasteiger partial charge on any atom is 1.00 e. The molecule has 0 aliphatic rings. The zero-order valence-corrected chi connectivity index (χ0v) is 8.81. The van der Waals surface area contributed by atoms with E-state index in [4.69, 9.17) is 5.11 Å². The van der Waals surface area contributed by atoms with Crippen LogP contribution in [0.3, 0.4) is 0 Å². The van der Waals surface area contributed by atoms with E-state index in [1.807, 2.05) is 24.3 Å². The molecule has 3 heteroatoms. The van der Waals surface area contributed by atoms with Gasteiger partial charge in [0.2, 0.25) is 0 Å². The normalized spacial score (nSPS) is 8.60. The molecular formula is C7H9NaOS. The van der Waals surface area contributed by atoms with Crippen LogP contribution >= 0.6 is 12.6 Å². The molecule has 1 aromatic rings. The fourth-order valence-electron chi connectivity index (χ4n) is 0.645. The first-order valence-electron chi connectivity index (χ1n) is 2.72. The predicted octanol–water partition coefficient (Wildman–Crippen LogP) is -1.42. The van der Waals surface area contributed by atoms with Gasteiger partial charge in [-0.25, -0.2) is 0 Å². The van der Waals surface area contributed by atoms with Gasteiger partial charge in [-0.15, -0.1) is 12.6 Å². The second-order valence-corrected chi connectivity index (χ2v) is 2.27. The summed E-state index contributed by atoms with van der Waals surface area (Å²) in [5, 5.41) is 8.67. The number of hydrogen-bond donors (Lipinski definition) is 2. The first-order valence-corrected chi connectivity index (χ1v) is 3.17.